The average Bonchev–Trinajstić information content (AvgIpc) is 2.36. The van der Waals surface area contributed by atoms with Crippen molar-refractivity contribution in [3.05, 3.63) is 34.9 Å². The highest BCUT2D eigenvalue weighted by Crippen LogP contribution is 2.34. The molecule has 0 spiro atoms. The van der Waals surface area contributed by atoms with Gasteiger partial charge in [-0.2, -0.15) is 0 Å². The van der Waals surface area contributed by atoms with Crippen LogP contribution in [-0.4, -0.2) is 0 Å². The van der Waals surface area contributed by atoms with Gasteiger partial charge in [0.05, 0.1) is 0 Å². The molecule has 0 atom stereocenters. The molecule has 0 saturated heterocycles. The van der Waals surface area contributed by atoms with Crippen molar-refractivity contribution < 1.29 is 0 Å². The maximum absolute atomic E-state index is 2.33. The van der Waals surface area contributed by atoms with Crippen molar-refractivity contribution in [3.63, 3.8) is 0 Å². The third kappa shape index (κ3) is 3.10. The molecular weight excluding hydrogens is 192 g/mol. The second kappa shape index (κ2) is 6.73. The number of hydrogen-bond acceptors (Lipinski definition) is 0. The lowest BCUT2D eigenvalue weighted by Gasteiger charge is -2.24. The van der Waals surface area contributed by atoms with E-state index in [-0.39, 0.29) is 0 Å². The lowest BCUT2D eigenvalue weighted by Crippen LogP contribution is -2.06. The summed E-state index contributed by atoms with van der Waals surface area (Å²) in [6, 6.07) is 6.77. The molecule has 0 heteroatoms. The molecule has 0 bridgehead atoms. The van der Waals surface area contributed by atoms with Crippen LogP contribution in [0.2, 0.25) is 0 Å². The van der Waals surface area contributed by atoms with Gasteiger partial charge in [0.25, 0.3) is 0 Å². The largest absolute Gasteiger partial charge is 0.0683 e. The summed E-state index contributed by atoms with van der Waals surface area (Å²) in [5.41, 5.74) is 4.59. The van der Waals surface area contributed by atoms with Crippen molar-refractivity contribution >= 4 is 0 Å². The SMILES string of the molecule is CC.Cc1cccc(C2CCCCC2)c1C. The third-order valence-electron chi connectivity index (χ3n) is 3.69. The molecule has 0 radical (unpaired) electrons. The van der Waals surface area contributed by atoms with Crippen LogP contribution in [0.25, 0.3) is 0 Å². The Bertz CT molecular complexity index is 306. The predicted octanol–water partition coefficient (Wildman–Crippen LogP) is 5.38. The Balaban J connectivity index is 0.000000606. The lowest BCUT2D eigenvalue weighted by atomic mass is 9.81. The van der Waals surface area contributed by atoms with Crippen molar-refractivity contribution in [2.75, 3.05) is 0 Å². The topological polar surface area (TPSA) is 0 Å². The number of rotatable bonds is 1. The first-order chi connectivity index (χ1) is 7.79. The minimum atomic E-state index is 0.851. The van der Waals surface area contributed by atoms with Crippen molar-refractivity contribution in [1.29, 1.82) is 0 Å². The predicted molar refractivity (Wildman–Crippen MR) is 73.1 cm³/mol. The molecule has 1 saturated carbocycles. The van der Waals surface area contributed by atoms with E-state index in [1.165, 1.54) is 43.2 Å². The third-order valence-corrected chi connectivity index (χ3v) is 3.69. The van der Waals surface area contributed by atoms with Crippen LogP contribution in [0.1, 0.15) is 68.6 Å². The van der Waals surface area contributed by atoms with E-state index in [0.717, 1.165) is 5.92 Å². The Hall–Kier alpha value is -0.780. The van der Waals surface area contributed by atoms with E-state index < -0.39 is 0 Å². The minimum Gasteiger partial charge on any atom is -0.0683 e. The van der Waals surface area contributed by atoms with Gasteiger partial charge >= 0.3 is 0 Å². The van der Waals surface area contributed by atoms with Gasteiger partial charge in [0.2, 0.25) is 0 Å². The van der Waals surface area contributed by atoms with Crippen LogP contribution >= 0.6 is 0 Å². The smallest absolute Gasteiger partial charge is 0.0159 e. The van der Waals surface area contributed by atoms with Crippen molar-refractivity contribution in [3.8, 4) is 0 Å². The standard InChI is InChI=1S/C14H20.C2H6/c1-11-7-6-10-14(12(11)2)13-8-4-3-5-9-13;1-2/h6-7,10,13H,3-5,8-9H2,1-2H3;1-2H3. The number of aryl methyl sites for hydroxylation is 1. The summed E-state index contributed by atoms with van der Waals surface area (Å²) in [7, 11) is 0. The Morgan fingerprint density at radius 3 is 2.19 bits per heavy atom. The lowest BCUT2D eigenvalue weighted by molar-refractivity contribution is 0.442. The maximum Gasteiger partial charge on any atom is -0.0159 e. The molecule has 1 aromatic carbocycles. The van der Waals surface area contributed by atoms with E-state index >= 15 is 0 Å². The van der Waals surface area contributed by atoms with Crippen molar-refractivity contribution in [2.45, 2.75) is 65.7 Å². The fourth-order valence-electron chi connectivity index (χ4n) is 2.63. The Morgan fingerprint density at radius 1 is 0.938 bits per heavy atom. The molecule has 0 N–H and O–H groups in total. The fraction of sp³-hybridized carbons (Fsp3) is 0.625. The van der Waals surface area contributed by atoms with Crippen LogP contribution in [0.15, 0.2) is 18.2 Å². The van der Waals surface area contributed by atoms with Crippen LogP contribution in [0.5, 0.6) is 0 Å². The summed E-state index contributed by atoms with van der Waals surface area (Å²) in [5, 5.41) is 0. The Labute approximate surface area is 101 Å². The minimum absolute atomic E-state index is 0.851. The van der Waals surface area contributed by atoms with Gasteiger partial charge in [0.15, 0.2) is 0 Å². The summed E-state index contributed by atoms with van der Waals surface area (Å²) in [4.78, 5) is 0. The fourth-order valence-corrected chi connectivity index (χ4v) is 2.63. The number of benzene rings is 1. The first-order valence-electron chi connectivity index (χ1n) is 6.85. The zero-order valence-corrected chi connectivity index (χ0v) is 11.3. The molecule has 1 aliphatic carbocycles. The van der Waals surface area contributed by atoms with E-state index in [4.69, 9.17) is 0 Å². The first-order valence-corrected chi connectivity index (χ1v) is 6.85. The second-order valence-corrected chi connectivity index (χ2v) is 4.62. The molecular formula is C16H26. The van der Waals surface area contributed by atoms with E-state index in [1.54, 1.807) is 5.56 Å². The van der Waals surface area contributed by atoms with Gasteiger partial charge in [-0.05, 0) is 49.3 Å². The molecule has 1 aliphatic rings. The van der Waals surface area contributed by atoms with Crippen LogP contribution in [-0.2, 0) is 0 Å². The molecule has 0 amide bonds. The van der Waals surface area contributed by atoms with E-state index in [0.29, 0.717) is 0 Å². The quantitative estimate of drug-likeness (QED) is 0.594. The summed E-state index contributed by atoms with van der Waals surface area (Å²) in [6.45, 7) is 8.50. The monoisotopic (exact) mass is 218 g/mol. The van der Waals surface area contributed by atoms with Gasteiger partial charge in [0, 0.05) is 0 Å². The zero-order valence-electron chi connectivity index (χ0n) is 11.3. The summed E-state index contributed by atoms with van der Waals surface area (Å²) < 4.78 is 0. The molecule has 0 nitrogen and oxygen atoms in total. The summed E-state index contributed by atoms with van der Waals surface area (Å²) in [5.74, 6) is 0.851. The van der Waals surface area contributed by atoms with Gasteiger partial charge in [-0.15, -0.1) is 0 Å². The van der Waals surface area contributed by atoms with Gasteiger partial charge < -0.3 is 0 Å². The van der Waals surface area contributed by atoms with Crippen molar-refractivity contribution in [2.24, 2.45) is 0 Å². The average molecular weight is 218 g/mol. The molecule has 0 aromatic heterocycles. The van der Waals surface area contributed by atoms with E-state index in [1.807, 2.05) is 13.8 Å². The summed E-state index contributed by atoms with van der Waals surface area (Å²) in [6.07, 6.45) is 7.12. The molecule has 90 valence electrons. The van der Waals surface area contributed by atoms with E-state index in [2.05, 4.69) is 32.0 Å². The van der Waals surface area contributed by atoms with Crippen LogP contribution in [0, 0.1) is 13.8 Å². The van der Waals surface area contributed by atoms with Crippen molar-refractivity contribution in [1.82, 2.24) is 0 Å². The molecule has 1 aromatic rings. The highest BCUT2D eigenvalue weighted by Gasteiger charge is 2.17. The van der Waals surface area contributed by atoms with Gasteiger partial charge in [-0.25, -0.2) is 0 Å². The molecule has 1 fully saturated rings. The van der Waals surface area contributed by atoms with Gasteiger partial charge in [-0.3, -0.25) is 0 Å². The molecule has 0 unspecified atom stereocenters. The molecule has 2 rings (SSSR count). The maximum atomic E-state index is 2.33. The number of hydrogen-bond donors (Lipinski definition) is 0. The van der Waals surface area contributed by atoms with Crippen LogP contribution < -0.4 is 0 Å². The Kier molecular flexibility index (Phi) is 5.59. The highest BCUT2D eigenvalue weighted by molar-refractivity contribution is 5.35. The van der Waals surface area contributed by atoms with E-state index in [9.17, 15) is 0 Å². The molecule has 0 aliphatic heterocycles. The molecule has 16 heavy (non-hydrogen) atoms. The Morgan fingerprint density at radius 2 is 1.56 bits per heavy atom. The highest BCUT2D eigenvalue weighted by atomic mass is 14.2. The van der Waals surface area contributed by atoms with Gasteiger partial charge in [0.1, 0.15) is 0 Å². The summed E-state index contributed by atoms with van der Waals surface area (Å²) >= 11 is 0. The molecule has 0 heterocycles. The van der Waals surface area contributed by atoms with Crippen LogP contribution in [0.4, 0.5) is 0 Å². The first kappa shape index (κ1) is 13.3. The zero-order chi connectivity index (χ0) is 12.0. The van der Waals surface area contributed by atoms with Crippen LogP contribution in [0.3, 0.4) is 0 Å². The normalized spacial score (nSPS) is 16.5. The second-order valence-electron chi connectivity index (χ2n) is 4.62. The van der Waals surface area contributed by atoms with Gasteiger partial charge in [-0.1, -0.05) is 51.3 Å².